The minimum absolute atomic E-state index is 0.106. The van der Waals surface area contributed by atoms with Crippen molar-refractivity contribution in [1.29, 1.82) is 0 Å². The number of anilines is 2. The molecule has 0 bridgehead atoms. The summed E-state index contributed by atoms with van der Waals surface area (Å²) < 4.78 is 0. The minimum Gasteiger partial charge on any atom is -0.369 e. The lowest BCUT2D eigenvalue weighted by Gasteiger charge is -2.34. The first-order valence-electron chi connectivity index (χ1n) is 11.7. The van der Waals surface area contributed by atoms with Crippen LogP contribution in [0.2, 0.25) is 0 Å². The molecule has 0 aliphatic heterocycles. The van der Waals surface area contributed by atoms with Crippen molar-refractivity contribution in [2.75, 3.05) is 23.7 Å². The minimum atomic E-state index is -0.106. The van der Waals surface area contributed by atoms with Crippen molar-refractivity contribution in [2.45, 2.75) is 38.8 Å². The fourth-order valence-corrected chi connectivity index (χ4v) is 4.66. The van der Waals surface area contributed by atoms with Gasteiger partial charge in [0.05, 0.1) is 41.2 Å². The Morgan fingerprint density at radius 2 is 2.06 bits per heavy atom. The lowest BCUT2D eigenvalue weighted by molar-refractivity contribution is -0.114. The predicted octanol–water partition coefficient (Wildman–Crippen LogP) is 4.30. The molecule has 1 unspecified atom stereocenters. The Kier molecular flexibility index (Phi) is 6.49. The van der Waals surface area contributed by atoms with Crippen LogP contribution < -0.4 is 10.6 Å². The molecule has 0 saturated heterocycles. The summed E-state index contributed by atoms with van der Waals surface area (Å²) in [4.78, 5) is 31.2. The summed E-state index contributed by atoms with van der Waals surface area (Å²) in [7, 11) is 0. The van der Waals surface area contributed by atoms with Crippen molar-refractivity contribution in [1.82, 2.24) is 24.8 Å². The average molecular weight is 456 g/mol. The number of aryl methyl sites for hydroxylation is 1. The monoisotopic (exact) mass is 455 g/mol. The molecule has 8 heteroatoms. The van der Waals surface area contributed by atoms with E-state index in [2.05, 4.69) is 37.6 Å². The Balaban J connectivity index is 1.32. The second-order valence-electron chi connectivity index (χ2n) is 8.67. The van der Waals surface area contributed by atoms with Gasteiger partial charge < -0.3 is 15.6 Å². The Hall–Kier alpha value is -3.78. The van der Waals surface area contributed by atoms with Crippen molar-refractivity contribution in [3.63, 3.8) is 0 Å². The Labute approximate surface area is 198 Å². The molecule has 8 nitrogen and oxygen atoms in total. The second-order valence-corrected chi connectivity index (χ2v) is 8.67. The first-order chi connectivity index (χ1) is 16.7. The number of benzene rings is 1. The van der Waals surface area contributed by atoms with Crippen LogP contribution in [0.3, 0.4) is 0 Å². The smallest absolute Gasteiger partial charge is 0.221 e. The van der Waals surface area contributed by atoms with Gasteiger partial charge in [-0.3, -0.25) is 14.7 Å². The predicted molar refractivity (Wildman–Crippen MR) is 133 cm³/mol. The molecule has 0 spiro atoms. The molecular formula is C26H29N7O. The Bertz CT molecular complexity index is 1230. The van der Waals surface area contributed by atoms with E-state index in [4.69, 9.17) is 9.97 Å². The van der Waals surface area contributed by atoms with Gasteiger partial charge in [-0.2, -0.15) is 0 Å². The van der Waals surface area contributed by atoms with Gasteiger partial charge in [0.25, 0.3) is 0 Å². The molecule has 34 heavy (non-hydrogen) atoms. The molecule has 1 aliphatic rings. The maximum absolute atomic E-state index is 11.2. The van der Waals surface area contributed by atoms with Crippen molar-refractivity contribution in [2.24, 2.45) is 0 Å². The van der Waals surface area contributed by atoms with Crippen LogP contribution in [0, 0.1) is 0 Å². The summed E-state index contributed by atoms with van der Waals surface area (Å²) in [5.41, 5.74) is 5.26. The third kappa shape index (κ3) is 5.07. The van der Waals surface area contributed by atoms with Crippen LogP contribution in [-0.4, -0.2) is 43.8 Å². The zero-order valence-electron chi connectivity index (χ0n) is 19.3. The van der Waals surface area contributed by atoms with E-state index < -0.39 is 0 Å². The van der Waals surface area contributed by atoms with E-state index >= 15 is 0 Å². The number of pyridine rings is 2. The Morgan fingerprint density at radius 3 is 2.88 bits per heavy atom. The van der Waals surface area contributed by atoms with E-state index in [0.717, 1.165) is 55.0 Å². The first-order valence-corrected chi connectivity index (χ1v) is 11.7. The van der Waals surface area contributed by atoms with Crippen molar-refractivity contribution in [3.8, 4) is 0 Å². The van der Waals surface area contributed by atoms with E-state index in [-0.39, 0.29) is 11.9 Å². The molecule has 174 valence electrons. The van der Waals surface area contributed by atoms with Crippen LogP contribution in [0.5, 0.6) is 0 Å². The highest BCUT2D eigenvalue weighted by atomic mass is 16.1. The lowest BCUT2D eigenvalue weighted by atomic mass is 9.91. The van der Waals surface area contributed by atoms with Gasteiger partial charge in [-0.1, -0.05) is 18.2 Å². The third-order valence-corrected chi connectivity index (χ3v) is 6.19. The zero-order valence-corrected chi connectivity index (χ0v) is 19.3. The van der Waals surface area contributed by atoms with Gasteiger partial charge in [0.2, 0.25) is 5.91 Å². The van der Waals surface area contributed by atoms with Crippen molar-refractivity contribution < 1.29 is 4.79 Å². The standard InChI is InChI=1S/C26H29N7O/c1-18(34)30-20-11-12-24(29-16-20)27-14-15-33(17-25-31-21-8-2-3-9-22(21)32-25)23-10-4-6-19-7-5-13-28-26(19)23/h2-3,5,7-9,11-13,16,23H,4,6,10,14-15,17H2,1H3,(H,27,29)(H,30,34)(H,31,32). The SMILES string of the molecule is CC(=O)Nc1ccc(NCCN(Cc2nc3ccccc3[nH]2)C2CCCc3cccnc32)nc1. The van der Waals surface area contributed by atoms with Crippen LogP contribution in [0.1, 0.15) is 42.9 Å². The van der Waals surface area contributed by atoms with E-state index in [1.54, 1.807) is 6.20 Å². The molecule has 3 heterocycles. The molecule has 0 saturated carbocycles. The van der Waals surface area contributed by atoms with Gasteiger partial charge in [0.15, 0.2) is 0 Å². The summed E-state index contributed by atoms with van der Waals surface area (Å²) in [6.07, 6.45) is 6.88. The number of hydrogen-bond acceptors (Lipinski definition) is 6. The van der Waals surface area contributed by atoms with E-state index in [9.17, 15) is 4.79 Å². The summed E-state index contributed by atoms with van der Waals surface area (Å²) in [5, 5.41) is 6.16. The van der Waals surface area contributed by atoms with Crippen LogP contribution in [-0.2, 0) is 17.8 Å². The van der Waals surface area contributed by atoms with E-state index in [1.807, 2.05) is 42.6 Å². The molecular weight excluding hydrogens is 426 g/mol. The third-order valence-electron chi connectivity index (χ3n) is 6.19. The van der Waals surface area contributed by atoms with Gasteiger partial charge in [-0.15, -0.1) is 0 Å². The molecule has 0 fully saturated rings. The highest BCUT2D eigenvalue weighted by Crippen LogP contribution is 2.33. The van der Waals surface area contributed by atoms with E-state index in [1.165, 1.54) is 18.2 Å². The number of aromatic amines is 1. The summed E-state index contributed by atoms with van der Waals surface area (Å²) in [5.74, 6) is 1.63. The summed E-state index contributed by atoms with van der Waals surface area (Å²) >= 11 is 0. The second kappa shape index (κ2) is 10.0. The van der Waals surface area contributed by atoms with Crippen LogP contribution >= 0.6 is 0 Å². The number of imidazole rings is 1. The number of hydrogen-bond donors (Lipinski definition) is 3. The number of nitrogens with one attached hydrogen (secondary N) is 3. The fourth-order valence-electron chi connectivity index (χ4n) is 4.66. The number of carbonyl (C=O) groups excluding carboxylic acids is 1. The molecule has 4 aromatic rings. The number of para-hydroxylation sites is 2. The normalized spacial score (nSPS) is 15.3. The molecule has 3 N–H and O–H groups in total. The number of fused-ring (bicyclic) bond motifs is 2. The molecule has 5 rings (SSSR count). The van der Waals surface area contributed by atoms with Gasteiger partial charge in [-0.05, 0) is 55.2 Å². The summed E-state index contributed by atoms with van der Waals surface area (Å²) in [6.45, 7) is 3.74. The first kappa shape index (κ1) is 22.0. The van der Waals surface area contributed by atoms with Crippen LogP contribution in [0.4, 0.5) is 11.5 Å². The van der Waals surface area contributed by atoms with Gasteiger partial charge >= 0.3 is 0 Å². The van der Waals surface area contributed by atoms with Gasteiger partial charge in [0.1, 0.15) is 11.6 Å². The van der Waals surface area contributed by atoms with Gasteiger partial charge in [-0.25, -0.2) is 9.97 Å². The average Bonchev–Trinajstić information content (AvgIpc) is 3.26. The number of aromatic nitrogens is 4. The highest BCUT2D eigenvalue weighted by Gasteiger charge is 2.27. The fraction of sp³-hybridized carbons (Fsp3) is 0.308. The topological polar surface area (TPSA) is 98.8 Å². The number of nitrogens with zero attached hydrogens (tertiary/aromatic N) is 4. The number of carbonyl (C=O) groups is 1. The lowest BCUT2D eigenvalue weighted by Crippen LogP contribution is -2.35. The van der Waals surface area contributed by atoms with E-state index in [0.29, 0.717) is 12.2 Å². The molecule has 1 aromatic carbocycles. The number of amides is 1. The largest absolute Gasteiger partial charge is 0.369 e. The van der Waals surface area contributed by atoms with Crippen molar-refractivity contribution >= 4 is 28.4 Å². The molecule has 1 amide bonds. The van der Waals surface area contributed by atoms with Gasteiger partial charge in [0, 0.05) is 26.2 Å². The maximum Gasteiger partial charge on any atom is 0.221 e. The molecule has 1 atom stereocenters. The van der Waals surface area contributed by atoms with Crippen molar-refractivity contribution in [3.05, 3.63) is 78.0 Å². The van der Waals surface area contributed by atoms with Crippen LogP contribution in [0.15, 0.2) is 60.9 Å². The van der Waals surface area contributed by atoms with Crippen LogP contribution in [0.25, 0.3) is 11.0 Å². The number of rotatable bonds is 8. The summed E-state index contributed by atoms with van der Waals surface area (Å²) in [6, 6.07) is 16.3. The Morgan fingerprint density at radius 1 is 1.15 bits per heavy atom. The maximum atomic E-state index is 11.2. The highest BCUT2D eigenvalue weighted by molar-refractivity contribution is 5.88. The zero-order chi connectivity index (χ0) is 23.3. The quantitative estimate of drug-likeness (QED) is 0.366. The molecule has 3 aromatic heterocycles. The molecule has 0 radical (unpaired) electrons. The number of H-pyrrole nitrogens is 1. The molecule has 1 aliphatic carbocycles.